The van der Waals surface area contributed by atoms with E-state index in [1.165, 1.54) is 11.1 Å². The van der Waals surface area contributed by atoms with Crippen LogP contribution in [0.25, 0.3) is 11.0 Å². The number of hydrogen-bond acceptors (Lipinski definition) is 5. The number of rotatable bonds is 11. The van der Waals surface area contributed by atoms with Crippen molar-refractivity contribution in [3.8, 4) is 5.75 Å². The van der Waals surface area contributed by atoms with Crippen LogP contribution in [0.4, 0.5) is 0 Å². The number of carbonyl (C=O) groups is 1. The van der Waals surface area contributed by atoms with Crippen molar-refractivity contribution in [2.75, 3.05) is 19.0 Å². The van der Waals surface area contributed by atoms with Crippen molar-refractivity contribution < 1.29 is 24.2 Å². The van der Waals surface area contributed by atoms with Crippen molar-refractivity contribution >= 4 is 28.7 Å². The van der Waals surface area contributed by atoms with Crippen LogP contribution < -0.4 is 4.74 Å². The Morgan fingerprint density at radius 3 is 2.18 bits per heavy atom. The molecule has 0 saturated carbocycles. The number of hydrogen-bond donors (Lipinski definition) is 2. The Hall–Kier alpha value is -3.22. The number of benzene rings is 3. The molecule has 0 radical (unpaired) electrons. The number of aliphatic hydroxyl groups is 1. The van der Waals surface area contributed by atoms with E-state index in [2.05, 4.69) is 55.5 Å². The van der Waals surface area contributed by atoms with Gasteiger partial charge >= 0.3 is 5.97 Å². The highest BCUT2D eigenvalue weighted by atomic mass is 32.2. The predicted octanol–water partition coefficient (Wildman–Crippen LogP) is 5.67. The van der Waals surface area contributed by atoms with Gasteiger partial charge in [0.25, 0.3) is 0 Å². The average Bonchev–Trinajstić information content (AvgIpc) is 3.21. The van der Waals surface area contributed by atoms with Crippen LogP contribution in [0.15, 0.2) is 83.3 Å². The molecule has 6 heteroatoms. The van der Waals surface area contributed by atoms with Gasteiger partial charge in [-0.05, 0) is 36.3 Å². The summed E-state index contributed by atoms with van der Waals surface area (Å²) >= 11 is 1.87. The predicted molar refractivity (Wildman–Crippen MR) is 136 cm³/mol. The highest BCUT2D eigenvalue weighted by Crippen LogP contribution is 2.43. The lowest BCUT2D eigenvalue weighted by atomic mass is 9.92. The Balaban J connectivity index is 1.62. The van der Waals surface area contributed by atoms with Crippen LogP contribution in [0.5, 0.6) is 5.75 Å². The molecule has 0 bridgehead atoms. The molecule has 0 amide bonds. The monoisotopic (exact) mass is 476 g/mol. The van der Waals surface area contributed by atoms with Crippen LogP contribution in [0.1, 0.15) is 29.4 Å². The summed E-state index contributed by atoms with van der Waals surface area (Å²) in [6.07, 6.45) is 1.13. The number of ether oxygens (including phenoxy) is 1. The van der Waals surface area contributed by atoms with Crippen LogP contribution in [-0.4, -0.2) is 35.1 Å². The quantitative estimate of drug-likeness (QED) is 0.290. The molecule has 0 spiro atoms. The smallest absolute Gasteiger partial charge is 0.341 e. The summed E-state index contributed by atoms with van der Waals surface area (Å²) in [5.41, 5.74) is 4.04. The van der Waals surface area contributed by atoms with E-state index < -0.39 is 12.6 Å². The van der Waals surface area contributed by atoms with Gasteiger partial charge in [-0.2, -0.15) is 0 Å². The number of thioether (sulfide) groups is 1. The number of para-hydroxylation sites is 1. The van der Waals surface area contributed by atoms with Gasteiger partial charge < -0.3 is 19.4 Å². The molecule has 0 aliphatic carbocycles. The Labute approximate surface area is 203 Å². The van der Waals surface area contributed by atoms with Gasteiger partial charge in [-0.1, -0.05) is 72.8 Å². The van der Waals surface area contributed by atoms with E-state index in [-0.39, 0.29) is 11.4 Å². The normalized spacial score (nSPS) is 11.6. The van der Waals surface area contributed by atoms with Crippen LogP contribution in [-0.2, 0) is 22.4 Å². The molecule has 1 aromatic heterocycles. The van der Waals surface area contributed by atoms with Gasteiger partial charge in [-0.3, -0.25) is 0 Å². The van der Waals surface area contributed by atoms with Crippen LogP contribution >= 0.6 is 11.8 Å². The molecule has 3 aromatic carbocycles. The minimum Gasteiger partial charge on any atom is -0.479 e. The molecule has 2 N–H and O–H groups in total. The number of aliphatic carboxylic acids is 1. The summed E-state index contributed by atoms with van der Waals surface area (Å²) in [4.78, 5) is 11.0. The molecular formula is C28H28O5S. The first kappa shape index (κ1) is 23.9. The van der Waals surface area contributed by atoms with Crippen molar-refractivity contribution in [3.63, 3.8) is 0 Å². The van der Waals surface area contributed by atoms with Crippen LogP contribution in [0.2, 0.25) is 0 Å². The fourth-order valence-electron chi connectivity index (χ4n) is 4.23. The molecule has 176 valence electrons. The van der Waals surface area contributed by atoms with Crippen LogP contribution in [0.3, 0.4) is 0 Å². The molecule has 4 rings (SSSR count). The first-order valence-corrected chi connectivity index (χ1v) is 12.2. The first-order valence-electron chi connectivity index (χ1n) is 11.3. The van der Waals surface area contributed by atoms with E-state index in [1.54, 1.807) is 6.07 Å². The average molecular weight is 477 g/mol. The van der Waals surface area contributed by atoms with Gasteiger partial charge in [0.05, 0.1) is 11.4 Å². The zero-order chi connectivity index (χ0) is 24.0. The van der Waals surface area contributed by atoms with Crippen molar-refractivity contribution in [3.05, 3.63) is 101 Å². The number of aryl methyl sites for hydroxylation is 1. The standard InChI is InChI=1S/C28H28O5S/c1-28(20-9-4-2-5-10-20,21-11-6-3-7-12-21)34-18-16-22-23-13-8-14-25(32-19-26(30)31)27(23)33-24(22)15-17-29/h2-14,29H,15-19H2,1H3,(H,30,31). The number of carboxylic acid groups (broad SMARTS) is 1. The molecule has 0 saturated heterocycles. The zero-order valence-corrected chi connectivity index (χ0v) is 19.9. The van der Waals surface area contributed by atoms with E-state index in [9.17, 15) is 9.90 Å². The van der Waals surface area contributed by atoms with Crippen molar-refractivity contribution in [1.82, 2.24) is 0 Å². The second-order valence-corrected chi connectivity index (χ2v) is 9.67. The Bertz CT molecular complexity index is 1190. The van der Waals surface area contributed by atoms with E-state index in [0.29, 0.717) is 23.5 Å². The van der Waals surface area contributed by atoms with E-state index in [4.69, 9.17) is 14.3 Å². The highest BCUT2D eigenvalue weighted by Gasteiger charge is 2.29. The summed E-state index contributed by atoms with van der Waals surface area (Å²) in [7, 11) is 0. The summed E-state index contributed by atoms with van der Waals surface area (Å²) in [6, 6.07) is 26.5. The van der Waals surface area contributed by atoms with Gasteiger partial charge in [0.2, 0.25) is 0 Å². The lowest BCUT2D eigenvalue weighted by Crippen LogP contribution is -2.20. The fourth-order valence-corrected chi connectivity index (χ4v) is 5.55. The van der Waals surface area contributed by atoms with Gasteiger partial charge in [0.15, 0.2) is 17.9 Å². The van der Waals surface area contributed by atoms with Gasteiger partial charge in [0, 0.05) is 17.4 Å². The topological polar surface area (TPSA) is 79.9 Å². The maximum Gasteiger partial charge on any atom is 0.341 e. The Morgan fingerprint density at radius 2 is 1.59 bits per heavy atom. The maximum atomic E-state index is 11.0. The molecule has 0 aliphatic rings. The molecule has 0 unspecified atom stereocenters. The summed E-state index contributed by atoms with van der Waals surface area (Å²) in [5, 5.41) is 19.5. The number of aliphatic hydroxyl groups excluding tert-OH is 1. The molecule has 0 atom stereocenters. The third kappa shape index (κ3) is 5.13. The van der Waals surface area contributed by atoms with Crippen LogP contribution in [0, 0.1) is 0 Å². The zero-order valence-electron chi connectivity index (χ0n) is 19.1. The molecule has 0 fully saturated rings. The Kier molecular flexibility index (Phi) is 7.60. The first-order chi connectivity index (χ1) is 16.5. The van der Waals surface area contributed by atoms with Crippen molar-refractivity contribution in [2.24, 2.45) is 0 Å². The third-order valence-electron chi connectivity index (χ3n) is 5.95. The largest absolute Gasteiger partial charge is 0.479 e. The minimum atomic E-state index is -1.04. The number of carboxylic acids is 1. The van der Waals surface area contributed by atoms with Gasteiger partial charge in [-0.25, -0.2) is 4.79 Å². The van der Waals surface area contributed by atoms with Gasteiger partial charge in [-0.15, -0.1) is 11.8 Å². The molecule has 0 aliphatic heterocycles. The Morgan fingerprint density at radius 1 is 0.941 bits per heavy atom. The highest BCUT2D eigenvalue weighted by molar-refractivity contribution is 8.00. The molecule has 4 aromatic rings. The lowest BCUT2D eigenvalue weighted by Gasteiger charge is -2.30. The summed E-state index contributed by atoms with van der Waals surface area (Å²) in [6.45, 7) is 1.78. The second-order valence-electron chi connectivity index (χ2n) is 8.16. The summed E-state index contributed by atoms with van der Waals surface area (Å²) in [5.74, 6) is 0.895. The maximum absolute atomic E-state index is 11.0. The van der Waals surface area contributed by atoms with Crippen molar-refractivity contribution in [2.45, 2.75) is 24.5 Å². The third-order valence-corrected chi connectivity index (χ3v) is 7.40. The second kappa shape index (κ2) is 10.8. The van der Waals surface area contributed by atoms with E-state index >= 15 is 0 Å². The van der Waals surface area contributed by atoms with Gasteiger partial charge in [0.1, 0.15) is 5.76 Å². The molecule has 34 heavy (non-hydrogen) atoms. The molecule has 5 nitrogen and oxygen atoms in total. The van der Waals surface area contributed by atoms with E-state index in [1.807, 2.05) is 36.0 Å². The minimum absolute atomic E-state index is 0.0307. The molecule has 1 heterocycles. The van der Waals surface area contributed by atoms with E-state index in [0.717, 1.165) is 23.1 Å². The lowest BCUT2D eigenvalue weighted by molar-refractivity contribution is -0.139. The number of fused-ring (bicyclic) bond motifs is 1. The van der Waals surface area contributed by atoms with Crippen molar-refractivity contribution in [1.29, 1.82) is 0 Å². The molecular weight excluding hydrogens is 448 g/mol. The SMILES string of the molecule is CC(SCCc1c(CCO)oc2c(OCC(=O)O)cccc12)(c1ccccc1)c1ccccc1. The fraction of sp³-hybridized carbons (Fsp3) is 0.250. The number of furan rings is 1. The summed E-state index contributed by atoms with van der Waals surface area (Å²) < 4.78 is 11.3.